The zero-order valence-electron chi connectivity index (χ0n) is 39.5. The van der Waals surface area contributed by atoms with E-state index in [1.165, 1.54) is 44.3 Å². The lowest BCUT2D eigenvalue weighted by Crippen LogP contribution is -2.61. The van der Waals surface area contributed by atoms with Gasteiger partial charge in [0.15, 0.2) is 0 Å². The van der Waals surface area contributed by atoms with Crippen LogP contribution in [0.2, 0.25) is 0 Å². The summed E-state index contributed by atoms with van der Waals surface area (Å²) in [5.41, 5.74) is 22.1. The molecule has 69 heavy (non-hydrogen) atoms. The van der Waals surface area contributed by atoms with Gasteiger partial charge in [-0.25, -0.2) is 0 Å². The maximum absolute atomic E-state index is 7.23. The molecule has 0 unspecified atom stereocenters. The SMILES string of the molecule is CC1(C)CCC(C)(C)c2c(-c3cc4c5c(c3)N(c3cccc(-c6ccccc6)c3)c3c(oc6ccccc36)B5c3ccccc3N4c3cccc(N(c4ccccc4)c4ccccc4)c3)cccc21. The average Bonchev–Trinajstić information content (AvgIpc) is 3.78. The number of rotatable bonds is 7. The summed E-state index contributed by atoms with van der Waals surface area (Å²) in [6.07, 6.45) is 2.28. The van der Waals surface area contributed by atoms with Crippen molar-refractivity contribution in [2.75, 3.05) is 14.7 Å². The van der Waals surface area contributed by atoms with Gasteiger partial charge in [0.25, 0.3) is 6.71 Å². The fraction of sp³-hybridized carbons (Fsp3) is 0.125. The van der Waals surface area contributed by atoms with E-state index in [2.05, 4.69) is 261 Å². The first-order chi connectivity index (χ1) is 33.7. The molecule has 0 amide bonds. The van der Waals surface area contributed by atoms with Crippen LogP contribution in [0.15, 0.2) is 223 Å². The minimum atomic E-state index is -0.166. The normalized spacial score (nSPS) is 15.0. The number of hydrogen-bond acceptors (Lipinski definition) is 4. The van der Waals surface area contributed by atoms with Crippen molar-refractivity contribution in [2.24, 2.45) is 0 Å². The number of anilines is 9. The third kappa shape index (κ3) is 6.59. The summed E-state index contributed by atoms with van der Waals surface area (Å²) in [7, 11) is 0. The number of nitrogens with zero attached hydrogens (tertiary/aromatic N) is 3. The van der Waals surface area contributed by atoms with E-state index in [1.807, 2.05) is 0 Å². The Morgan fingerprint density at radius 3 is 1.80 bits per heavy atom. The summed E-state index contributed by atoms with van der Waals surface area (Å²) in [6.45, 7) is 9.60. The largest absolute Gasteiger partial charge is 0.468 e. The molecule has 0 radical (unpaired) electrons. The van der Waals surface area contributed by atoms with E-state index in [0.29, 0.717) is 0 Å². The molecule has 0 N–H and O–H groups in total. The number of benzene rings is 9. The second-order valence-corrected chi connectivity index (χ2v) is 20.3. The highest BCUT2D eigenvalue weighted by atomic mass is 16.3. The quantitative estimate of drug-likeness (QED) is 0.149. The Labute approximate surface area is 405 Å². The Hall–Kier alpha value is -8.02. The fourth-order valence-electron chi connectivity index (χ4n) is 11.9. The number of furan rings is 1. The van der Waals surface area contributed by atoms with E-state index in [1.54, 1.807) is 0 Å². The lowest BCUT2D eigenvalue weighted by molar-refractivity contribution is 0.333. The van der Waals surface area contributed by atoms with Crippen molar-refractivity contribution in [3.63, 3.8) is 0 Å². The van der Waals surface area contributed by atoms with Crippen LogP contribution in [0, 0.1) is 0 Å². The number of hydrogen-bond donors (Lipinski definition) is 0. The molecule has 4 nitrogen and oxygen atoms in total. The first kappa shape index (κ1) is 41.2. The molecule has 0 saturated heterocycles. The Bertz CT molecular complexity index is 3560. The lowest BCUT2D eigenvalue weighted by Gasteiger charge is -2.44. The Kier molecular flexibility index (Phi) is 9.42. The predicted molar refractivity (Wildman–Crippen MR) is 291 cm³/mol. The average molecular weight is 890 g/mol. The molecule has 5 heteroatoms. The second kappa shape index (κ2) is 15.8. The van der Waals surface area contributed by atoms with Gasteiger partial charge < -0.3 is 19.1 Å². The third-order valence-corrected chi connectivity index (χ3v) is 15.2. The summed E-state index contributed by atoms with van der Waals surface area (Å²) in [5, 5.41) is 1.10. The second-order valence-electron chi connectivity index (χ2n) is 20.3. The van der Waals surface area contributed by atoms with Crippen LogP contribution >= 0.6 is 0 Å². The van der Waals surface area contributed by atoms with Crippen molar-refractivity contribution >= 4 is 85.5 Å². The molecule has 13 rings (SSSR count). The maximum atomic E-state index is 7.23. The van der Waals surface area contributed by atoms with Crippen LogP contribution in [0.25, 0.3) is 33.2 Å². The molecule has 3 heterocycles. The topological polar surface area (TPSA) is 22.9 Å². The van der Waals surface area contributed by atoms with Crippen LogP contribution in [-0.2, 0) is 10.8 Å². The van der Waals surface area contributed by atoms with Gasteiger partial charge in [0.05, 0.1) is 11.3 Å². The molecule has 0 saturated carbocycles. The van der Waals surface area contributed by atoms with E-state index in [-0.39, 0.29) is 17.5 Å². The molecule has 9 aromatic carbocycles. The van der Waals surface area contributed by atoms with Gasteiger partial charge in [-0.15, -0.1) is 0 Å². The van der Waals surface area contributed by atoms with Crippen molar-refractivity contribution in [3.8, 4) is 22.3 Å². The van der Waals surface area contributed by atoms with Crippen molar-refractivity contribution in [1.29, 1.82) is 0 Å². The molecule has 0 spiro atoms. The van der Waals surface area contributed by atoms with E-state index >= 15 is 0 Å². The van der Waals surface area contributed by atoms with Gasteiger partial charge in [-0.1, -0.05) is 161 Å². The van der Waals surface area contributed by atoms with E-state index in [0.717, 1.165) is 80.7 Å². The molecule has 0 atom stereocenters. The van der Waals surface area contributed by atoms with Gasteiger partial charge in [-0.2, -0.15) is 0 Å². The van der Waals surface area contributed by atoms with Gasteiger partial charge in [0.2, 0.25) is 0 Å². The molecule has 0 bridgehead atoms. The van der Waals surface area contributed by atoms with Crippen LogP contribution in [0.5, 0.6) is 0 Å². The van der Waals surface area contributed by atoms with Crippen LogP contribution in [0.3, 0.4) is 0 Å². The Morgan fingerprint density at radius 1 is 0.464 bits per heavy atom. The predicted octanol–water partition coefficient (Wildman–Crippen LogP) is 15.7. The number of para-hydroxylation sites is 4. The fourth-order valence-corrected chi connectivity index (χ4v) is 11.9. The summed E-state index contributed by atoms with van der Waals surface area (Å²) in [5.74, 6) is 0. The van der Waals surface area contributed by atoms with E-state index < -0.39 is 0 Å². The zero-order chi connectivity index (χ0) is 46.4. The van der Waals surface area contributed by atoms with Gasteiger partial charge >= 0.3 is 0 Å². The smallest absolute Gasteiger partial charge is 0.297 e. The maximum Gasteiger partial charge on any atom is 0.297 e. The first-order valence-electron chi connectivity index (χ1n) is 24.4. The third-order valence-electron chi connectivity index (χ3n) is 15.2. The van der Waals surface area contributed by atoms with E-state index in [4.69, 9.17) is 4.42 Å². The van der Waals surface area contributed by atoms with Crippen molar-refractivity contribution in [1.82, 2.24) is 0 Å². The molecule has 1 aliphatic carbocycles. The molecule has 3 aliphatic rings. The van der Waals surface area contributed by atoms with E-state index in [9.17, 15) is 0 Å². The highest BCUT2D eigenvalue weighted by Gasteiger charge is 2.47. The van der Waals surface area contributed by atoms with Gasteiger partial charge in [0.1, 0.15) is 5.58 Å². The molecule has 332 valence electrons. The standard InChI is InChI=1S/C64H52BN3O/c1-63(2)37-38-64(3,4)59-51(32-20-33-53(59)63)45-40-56-60-57(41-45)68(48-28-18-23-44(39-48)43-21-8-5-9-22-43)61-52-31-14-17-36-58(52)69-62(61)65(60)54-34-15-16-35-55(54)67(56)50-30-19-29-49(42-50)66(46-24-10-6-11-25-46)47-26-12-7-13-27-47/h5-36,39-42H,37-38H2,1-4H3. The molecular weight excluding hydrogens is 838 g/mol. The monoisotopic (exact) mass is 889 g/mol. The van der Waals surface area contributed by atoms with Crippen LogP contribution in [-0.4, -0.2) is 6.71 Å². The number of fused-ring (bicyclic) bond motifs is 7. The summed E-state index contributed by atoms with van der Waals surface area (Å²) in [6, 6.07) is 80.0. The van der Waals surface area contributed by atoms with Crippen LogP contribution in [0.1, 0.15) is 51.7 Å². The highest BCUT2D eigenvalue weighted by molar-refractivity contribution is 7.00. The summed E-state index contributed by atoms with van der Waals surface area (Å²) < 4.78 is 7.23. The molecule has 0 fully saturated rings. The van der Waals surface area contributed by atoms with Crippen molar-refractivity contribution < 1.29 is 4.42 Å². The van der Waals surface area contributed by atoms with Gasteiger partial charge in [-0.05, 0) is 153 Å². The highest BCUT2D eigenvalue weighted by Crippen LogP contribution is 2.53. The zero-order valence-corrected chi connectivity index (χ0v) is 39.5. The minimum absolute atomic E-state index is 0.0201. The van der Waals surface area contributed by atoms with Crippen LogP contribution in [0.4, 0.5) is 51.2 Å². The van der Waals surface area contributed by atoms with Crippen molar-refractivity contribution in [2.45, 2.75) is 51.4 Å². The minimum Gasteiger partial charge on any atom is -0.468 e. The summed E-state index contributed by atoms with van der Waals surface area (Å²) >= 11 is 0. The molecule has 2 aliphatic heterocycles. The van der Waals surface area contributed by atoms with Crippen LogP contribution < -0.4 is 31.3 Å². The summed E-state index contributed by atoms with van der Waals surface area (Å²) in [4.78, 5) is 7.41. The van der Waals surface area contributed by atoms with Gasteiger partial charge in [0, 0.05) is 50.9 Å². The van der Waals surface area contributed by atoms with Crippen molar-refractivity contribution in [3.05, 3.63) is 230 Å². The molecule has 10 aromatic rings. The molecule has 1 aromatic heterocycles. The Morgan fingerprint density at radius 2 is 1.04 bits per heavy atom. The lowest BCUT2D eigenvalue weighted by atomic mass is 9.35. The van der Waals surface area contributed by atoms with Gasteiger partial charge in [-0.3, -0.25) is 0 Å². The Balaban J connectivity index is 1.13. The first-order valence-corrected chi connectivity index (χ1v) is 24.4. The molecular formula is C64H52BN3O.